The summed E-state index contributed by atoms with van der Waals surface area (Å²) in [5.41, 5.74) is 1.40. The van der Waals surface area contributed by atoms with Gasteiger partial charge in [-0.3, -0.25) is 4.72 Å². The third-order valence-electron chi connectivity index (χ3n) is 4.28. The molecule has 0 bridgehead atoms. The standard InChI is InChI=1S/C20H20N4O6S/c1-24-12-21-22-20(24)14-5-7-15(8-6-14)23-31(27,28)17-11-13(4-9-18(25)26)10-16(29-2)19(17)30-3/h4-12,23H,1-3H3,(H,25,26)/b9-4+. The third kappa shape index (κ3) is 4.83. The second kappa shape index (κ2) is 8.88. The Labute approximate surface area is 178 Å². The average Bonchev–Trinajstić information content (AvgIpc) is 3.17. The molecular weight excluding hydrogens is 424 g/mol. The Balaban J connectivity index is 1.98. The summed E-state index contributed by atoms with van der Waals surface area (Å²) in [5, 5.41) is 16.7. The first-order valence-corrected chi connectivity index (χ1v) is 10.4. The van der Waals surface area contributed by atoms with Crippen molar-refractivity contribution in [1.29, 1.82) is 0 Å². The molecule has 0 radical (unpaired) electrons. The summed E-state index contributed by atoms with van der Waals surface area (Å²) in [7, 11) is 0.386. The highest BCUT2D eigenvalue weighted by Crippen LogP contribution is 2.37. The van der Waals surface area contributed by atoms with E-state index in [1.807, 2.05) is 0 Å². The lowest BCUT2D eigenvalue weighted by molar-refractivity contribution is -0.131. The number of carbonyl (C=O) groups is 1. The minimum absolute atomic E-state index is 0.00169. The Kier molecular flexibility index (Phi) is 6.25. The molecule has 31 heavy (non-hydrogen) atoms. The molecule has 3 rings (SSSR count). The van der Waals surface area contributed by atoms with E-state index in [-0.39, 0.29) is 16.4 Å². The lowest BCUT2D eigenvalue weighted by atomic mass is 10.2. The van der Waals surface area contributed by atoms with Gasteiger partial charge in [0.2, 0.25) is 0 Å². The van der Waals surface area contributed by atoms with Crippen molar-refractivity contribution in [3.8, 4) is 22.9 Å². The summed E-state index contributed by atoms with van der Waals surface area (Å²) in [6.07, 6.45) is 3.73. The molecule has 0 spiro atoms. The van der Waals surface area contributed by atoms with Crippen molar-refractivity contribution in [3.63, 3.8) is 0 Å². The van der Waals surface area contributed by atoms with Crippen LogP contribution < -0.4 is 14.2 Å². The number of anilines is 1. The number of aliphatic carboxylic acids is 1. The zero-order valence-corrected chi connectivity index (χ0v) is 17.8. The van der Waals surface area contributed by atoms with Crippen LogP contribution in [0.4, 0.5) is 5.69 Å². The summed E-state index contributed by atoms with van der Waals surface area (Å²) in [4.78, 5) is 10.6. The molecule has 11 heteroatoms. The number of hydrogen-bond acceptors (Lipinski definition) is 7. The Morgan fingerprint density at radius 1 is 1.16 bits per heavy atom. The molecule has 0 aliphatic heterocycles. The number of benzene rings is 2. The minimum atomic E-state index is -4.09. The fourth-order valence-electron chi connectivity index (χ4n) is 2.86. The number of nitrogens with one attached hydrogen (secondary N) is 1. The molecule has 0 aliphatic carbocycles. The van der Waals surface area contributed by atoms with Gasteiger partial charge in [0.1, 0.15) is 11.2 Å². The topological polar surface area (TPSA) is 133 Å². The minimum Gasteiger partial charge on any atom is -0.493 e. The number of carboxylic acid groups (broad SMARTS) is 1. The Hall–Kier alpha value is -3.86. The van der Waals surface area contributed by atoms with E-state index in [1.165, 1.54) is 32.4 Å². The third-order valence-corrected chi connectivity index (χ3v) is 5.67. The van der Waals surface area contributed by atoms with Gasteiger partial charge in [-0.25, -0.2) is 13.2 Å². The van der Waals surface area contributed by atoms with Crippen LogP contribution in [0.1, 0.15) is 5.56 Å². The lowest BCUT2D eigenvalue weighted by Crippen LogP contribution is -2.15. The predicted molar refractivity (Wildman–Crippen MR) is 113 cm³/mol. The summed E-state index contributed by atoms with van der Waals surface area (Å²) in [6, 6.07) is 9.40. The van der Waals surface area contributed by atoms with Gasteiger partial charge in [0.05, 0.1) is 14.2 Å². The van der Waals surface area contributed by atoms with Gasteiger partial charge in [-0.1, -0.05) is 0 Å². The Morgan fingerprint density at radius 2 is 1.87 bits per heavy atom. The molecule has 0 saturated heterocycles. The fraction of sp³-hybridized carbons (Fsp3) is 0.150. The van der Waals surface area contributed by atoms with Crippen molar-refractivity contribution >= 4 is 27.8 Å². The van der Waals surface area contributed by atoms with Crippen molar-refractivity contribution in [3.05, 3.63) is 54.4 Å². The average molecular weight is 444 g/mol. The van der Waals surface area contributed by atoms with Crippen molar-refractivity contribution in [2.45, 2.75) is 4.90 Å². The SMILES string of the molecule is COc1cc(/C=C/C(=O)O)cc(S(=O)(=O)Nc2ccc(-c3nncn3C)cc2)c1OC. The van der Waals surface area contributed by atoms with Gasteiger partial charge >= 0.3 is 5.97 Å². The van der Waals surface area contributed by atoms with E-state index in [2.05, 4.69) is 14.9 Å². The van der Waals surface area contributed by atoms with E-state index >= 15 is 0 Å². The van der Waals surface area contributed by atoms with Crippen LogP contribution in [0, 0.1) is 0 Å². The first-order valence-electron chi connectivity index (χ1n) is 8.89. The quantitative estimate of drug-likeness (QED) is 0.506. The number of methoxy groups -OCH3 is 2. The predicted octanol–water partition coefficient (Wildman–Crippen LogP) is 2.40. The van der Waals surface area contributed by atoms with Crippen molar-refractivity contribution in [1.82, 2.24) is 14.8 Å². The zero-order valence-electron chi connectivity index (χ0n) is 16.9. The van der Waals surface area contributed by atoms with E-state index in [0.717, 1.165) is 11.6 Å². The molecule has 1 heterocycles. The van der Waals surface area contributed by atoms with E-state index in [4.69, 9.17) is 14.6 Å². The first kappa shape index (κ1) is 21.8. The zero-order chi connectivity index (χ0) is 22.6. The van der Waals surface area contributed by atoms with Crippen LogP contribution in [-0.2, 0) is 21.9 Å². The van der Waals surface area contributed by atoms with Crippen LogP contribution in [-0.4, -0.2) is 48.5 Å². The maximum atomic E-state index is 13.1. The van der Waals surface area contributed by atoms with E-state index in [0.29, 0.717) is 17.1 Å². The smallest absolute Gasteiger partial charge is 0.328 e. The maximum Gasteiger partial charge on any atom is 0.328 e. The maximum absolute atomic E-state index is 13.1. The lowest BCUT2D eigenvalue weighted by Gasteiger charge is -2.15. The Morgan fingerprint density at radius 3 is 2.42 bits per heavy atom. The second-order valence-electron chi connectivity index (χ2n) is 6.37. The molecule has 2 aromatic carbocycles. The molecule has 10 nitrogen and oxygen atoms in total. The normalized spacial score (nSPS) is 11.5. The number of carboxylic acids is 1. The highest BCUT2D eigenvalue weighted by molar-refractivity contribution is 7.92. The number of hydrogen-bond donors (Lipinski definition) is 2. The number of aromatic nitrogens is 3. The molecule has 2 N–H and O–H groups in total. The van der Waals surface area contributed by atoms with E-state index in [9.17, 15) is 13.2 Å². The van der Waals surface area contributed by atoms with Gasteiger partial charge < -0.3 is 19.1 Å². The summed E-state index contributed by atoms with van der Waals surface area (Å²) in [6.45, 7) is 0. The second-order valence-corrected chi connectivity index (χ2v) is 8.03. The summed E-state index contributed by atoms with van der Waals surface area (Å²) in [5.74, 6) is -0.384. The molecule has 0 saturated carbocycles. The van der Waals surface area contributed by atoms with Crippen LogP contribution >= 0.6 is 0 Å². The van der Waals surface area contributed by atoms with E-state index < -0.39 is 16.0 Å². The van der Waals surface area contributed by atoms with Gasteiger partial charge in [-0.15, -0.1) is 10.2 Å². The number of aryl methyl sites for hydroxylation is 1. The molecule has 162 valence electrons. The molecule has 0 amide bonds. The molecule has 0 unspecified atom stereocenters. The fourth-order valence-corrected chi connectivity index (χ4v) is 4.13. The molecule has 0 aliphatic rings. The van der Waals surface area contributed by atoms with Crippen LogP contribution in [0.5, 0.6) is 11.5 Å². The number of sulfonamides is 1. The van der Waals surface area contributed by atoms with Crippen LogP contribution in [0.15, 0.2) is 53.7 Å². The highest BCUT2D eigenvalue weighted by Gasteiger charge is 2.24. The van der Waals surface area contributed by atoms with Crippen molar-refractivity contribution in [2.75, 3.05) is 18.9 Å². The summed E-state index contributed by atoms with van der Waals surface area (Å²) >= 11 is 0. The van der Waals surface area contributed by atoms with Gasteiger partial charge in [0.25, 0.3) is 10.0 Å². The van der Waals surface area contributed by atoms with Crippen LogP contribution in [0.25, 0.3) is 17.5 Å². The number of ether oxygens (including phenoxy) is 2. The van der Waals surface area contributed by atoms with Gasteiger partial charge in [0.15, 0.2) is 17.3 Å². The van der Waals surface area contributed by atoms with E-state index in [1.54, 1.807) is 42.2 Å². The molecule has 0 atom stereocenters. The Bertz CT molecular complexity index is 1230. The summed E-state index contributed by atoms with van der Waals surface area (Å²) < 4.78 is 40.9. The highest BCUT2D eigenvalue weighted by atomic mass is 32.2. The van der Waals surface area contributed by atoms with Crippen LogP contribution in [0.3, 0.4) is 0 Å². The monoisotopic (exact) mass is 444 g/mol. The molecular formula is C20H20N4O6S. The van der Waals surface area contributed by atoms with Crippen molar-refractivity contribution < 1.29 is 27.8 Å². The largest absolute Gasteiger partial charge is 0.493 e. The number of nitrogens with zero attached hydrogens (tertiary/aromatic N) is 3. The van der Waals surface area contributed by atoms with Gasteiger partial charge in [0, 0.05) is 24.4 Å². The molecule has 3 aromatic rings. The number of rotatable bonds is 8. The van der Waals surface area contributed by atoms with Crippen LogP contribution in [0.2, 0.25) is 0 Å². The van der Waals surface area contributed by atoms with Gasteiger partial charge in [-0.2, -0.15) is 0 Å². The van der Waals surface area contributed by atoms with Gasteiger partial charge in [-0.05, 0) is 48.0 Å². The molecule has 1 aromatic heterocycles. The first-order chi connectivity index (χ1) is 14.7. The molecule has 0 fully saturated rings. The van der Waals surface area contributed by atoms with Crippen molar-refractivity contribution in [2.24, 2.45) is 7.05 Å².